The summed E-state index contributed by atoms with van der Waals surface area (Å²) in [5.74, 6) is 0.866. The molecule has 0 radical (unpaired) electrons. The Bertz CT molecular complexity index is 692. The molecule has 0 aliphatic carbocycles. The lowest BCUT2D eigenvalue weighted by molar-refractivity contribution is 0.367. The first-order valence-corrected chi connectivity index (χ1v) is 9.46. The summed E-state index contributed by atoms with van der Waals surface area (Å²) >= 11 is 1.80. The highest BCUT2D eigenvalue weighted by Gasteiger charge is 2.21. The number of fused-ring (bicyclic) bond motifs is 1. The van der Waals surface area contributed by atoms with Gasteiger partial charge in [0, 0.05) is 29.4 Å². The van der Waals surface area contributed by atoms with Gasteiger partial charge in [-0.05, 0) is 56.1 Å². The molecule has 0 bridgehead atoms. The van der Waals surface area contributed by atoms with Gasteiger partial charge in [-0.3, -0.25) is 0 Å². The van der Waals surface area contributed by atoms with Crippen molar-refractivity contribution in [3.8, 4) is 5.75 Å². The van der Waals surface area contributed by atoms with Crippen LogP contribution < -0.4 is 20.7 Å². The van der Waals surface area contributed by atoms with E-state index in [2.05, 4.69) is 53.0 Å². The minimum Gasteiger partial charge on any atom is -0.497 e. The number of hydrogen-bond donors (Lipinski definition) is 3. The van der Waals surface area contributed by atoms with E-state index in [1.165, 1.54) is 16.3 Å². The first-order chi connectivity index (χ1) is 12.2. The minimum atomic E-state index is 0.130. The Balaban J connectivity index is 1.55. The quantitative estimate of drug-likeness (QED) is 0.664. The number of anilines is 3. The summed E-state index contributed by atoms with van der Waals surface area (Å²) in [5, 5.41) is 10.5. The van der Waals surface area contributed by atoms with Gasteiger partial charge in [0.15, 0.2) is 0 Å². The summed E-state index contributed by atoms with van der Waals surface area (Å²) in [5.41, 5.74) is 3.54. The highest BCUT2D eigenvalue weighted by Crippen LogP contribution is 2.40. The molecule has 1 aliphatic heterocycles. The van der Waals surface area contributed by atoms with E-state index >= 15 is 0 Å². The number of benzene rings is 2. The molecule has 2 aromatic carbocycles. The predicted molar refractivity (Wildman–Crippen MR) is 108 cm³/mol. The van der Waals surface area contributed by atoms with E-state index in [4.69, 9.17) is 4.74 Å². The van der Waals surface area contributed by atoms with Crippen LogP contribution in [0.4, 0.5) is 17.1 Å². The van der Waals surface area contributed by atoms with E-state index < -0.39 is 0 Å². The molecule has 0 saturated heterocycles. The van der Waals surface area contributed by atoms with Crippen molar-refractivity contribution in [1.29, 1.82) is 0 Å². The smallest absolute Gasteiger partial charge is 0.150 e. The third-order valence-electron chi connectivity index (χ3n) is 4.26. The number of nitrogens with zero attached hydrogens (tertiary/aromatic N) is 1. The summed E-state index contributed by atoms with van der Waals surface area (Å²) < 4.78 is 5.20. The highest BCUT2D eigenvalue weighted by atomic mass is 32.2. The van der Waals surface area contributed by atoms with E-state index in [1.807, 2.05) is 24.3 Å². The number of hydrogen-bond acceptors (Lipinski definition) is 6. The summed E-state index contributed by atoms with van der Waals surface area (Å²) in [6.07, 6.45) is 0. The van der Waals surface area contributed by atoms with Crippen LogP contribution in [0, 0.1) is 0 Å². The molecule has 1 unspecified atom stereocenters. The van der Waals surface area contributed by atoms with Crippen LogP contribution >= 0.6 is 11.8 Å². The molecule has 3 rings (SSSR count). The molecule has 1 heterocycles. The number of nitrogens with one attached hydrogen (secondary N) is 3. The van der Waals surface area contributed by atoms with Crippen LogP contribution in [-0.4, -0.2) is 44.2 Å². The molecule has 0 aromatic heterocycles. The van der Waals surface area contributed by atoms with Crippen molar-refractivity contribution >= 4 is 28.8 Å². The fourth-order valence-electron chi connectivity index (χ4n) is 2.60. The molecule has 0 amide bonds. The summed E-state index contributed by atoms with van der Waals surface area (Å²) in [4.78, 5) is 3.56. The molecule has 1 atom stereocenters. The summed E-state index contributed by atoms with van der Waals surface area (Å²) in [7, 11) is 3.82. The van der Waals surface area contributed by atoms with E-state index in [9.17, 15) is 0 Å². The maximum atomic E-state index is 5.20. The second-order valence-electron chi connectivity index (χ2n) is 6.05. The Morgan fingerprint density at radius 2 is 1.92 bits per heavy atom. The van der Waals surface area contributed by atoms with Gasteiger partial charge in [0.1, 0.15) is 11.2 Å². The van der Waals surface area contributed by atoms with Crippen LogP contribution in [0.1, 0.15) is 6.92 Å². The van der Waals surface area contributed by atoms with Gasteiger partial charge in [0.2, 0.25) is 0 Å². The van der Waals surface area contributed by atoms with Crippen LogP contribution in [0.15, 0.2) is 47.4 Å². The van der Waals surface area contributed by atoms with Gasteiger partial charge in [-0.15, -0.1) is 0 Å². The predicted octanol–water partition coefficient (Wildman–Crippen LogP) is 3.97. The lowest BCUT2D eigenvalue weighted by atomic mass is 10.2. The van der Waals surface area contributed by atoms with Gasteiger partial charge in [0.05, 0.1) is 12.8 Å². The monoisotopic (exact) mass is 358 g/mol. The SMILES string of the molecule is CCN(C)CCNc1ccc2c(c1)SC(Nc1ccc(OC)cc1)N2. The van der Waals surface area contributed by atoms with Crippen molar-refractivity contribution in [1.82, 2.24) is 4.90 Å². The molecule has 25 heavy (non-hydrogen) atoms. The highest BCUT2D eigenvalue weighted by molar-refractivity contribution is 8.00. The molecule has 5 nitrogen and oxygen atoms in total. The fourth-order valence-corrected chi connectivity index (χ4v) is 3.68. The third kappa shape index (κ3) is 4.74. The van der Waals surface area contributed by atoms with Crippen molar-refractivity contribution < 1.29 is 4.74 Å². The van der Waals surface area contributed by atoms with Gasteiger partial charge in [-0.1, -0.05) is 18.7 Å². The maximum absolute atomic E-state index is 5.20. The van der Waals surface area contributed by atoms with Gasteiger partial charge in [-0.25, -0.2) is 0 Å². The molecule has 6 heteroatoms. The Hall–Kier alpha value is -2.05. The molecule has 3 N–H and O–H groups in total. The van der Waals surface area contributed by atoms with Crippen LogP contribution in [0.25, 0.3) is 0 Å². The number of methoxy groups -OCH3 is 1. The van der Waals surface area contributed by atoms with Crippen LogP contribution in [0.3, 0.4) is 0 Å². The van der Waals surface area contributed by atoms with Crippen molar-refractivity contribution in [2.24, 2.45) is 0 Å². The second-order valence-corrected chi connectivity index (χ2v) is 7.20. The molecule has 1 aliphatic rings. The summed E-state index contributed by atoms with van der Waals surface area (Å²) in [6, 6.07) is 14.5. The Kier molecular flexibility index (Phi) is 5.94. The van der Waals surface area contributed by atoms with Crippen LogP contribution in [0.5, 0.6) is 5.75 Å². The van der Waals surface area contributed by atoms with E-state index in [0.717, 1.165) is 31.1 Å². The molecule has 0 saturated carbocycles. The van der Waals surface area contributed by atoms with Crippen molar-refractivity contribution in [3.05, 3.63) is 42.5 Å². The van der Waals surface area contributed by atoms with Crippen LogP contribution in [-0.2, 0) is 0 Å². The van der Waals surface area contributed by atoms with Gasteiger partial charge < -0.3 is 25.6 Å². The van der Waals surface area contributed by atoms with E-state index in [0.29, 0.717) is 0 Å². The topological polar surface area (TPSA) is 48.6 Å². The Morgan fingerprint density at radius 3 is 2.64 bits per heavy atom. The van der Waals surface area contributed by atoms with Gasteiger partial charge in [-0.2, -0.15) is 0 Å². The average molecular weight is 359 g/mol. The standard InChI is InChI=1S/C19H26N4OS/c1-4-23(2)12-11-20-15-7-10-17-18(13-15)25-19(22-17)21-14-5-8-16(24-3)9-6-14/h5-10,13,19-22H,4,11-12H2,1-3H3. The van der Waals surface area contributed by atoms with E-state index in [1.54, 1.807) is 18.9 Å². The zero-order valence-electron chi connectivity index (χ0n) is 15.0. The van der Waals surface area contributed by atoms with Crippen LogP contribution in [0.2, 0.25) is 0 Å². The third-order valence-corrected chi connectivity index (χ3v) is 5.33. The normalized spacial score (nSPS) is 15.6. The molecule has 0 fully saturated rings. The number of thioether (sulfide) groups is 1. The molecule has 134 valence electrons. The second kappa shape index (κ2) is 8.36. The van der Waals surface area contributed by atoms with Gasteiger partial charge >= 0.3 is 0 Å². The fraction of sp³-hybridized carbons (Fsp3) is 0.368. The van der Waals surface area contributed by atoms with Gasteiger partial charge in [0.25, 0.3) is 0 Å². The van der Waals surface area contributed by atoms with Crippen molar-refractivity contribution in [2.45, 2.75) is 17.3 Å². The number of ether oxygens (including phenoxy) is 1. The average Bonchev–Trinajstić information content (AvgIpc) is 3.03. The lowest BCUT2D eigenvalue weighted by Crippen LogP contribution is -2.24. The lowest BCUT2D eigenvalue weighted by Gasteiger charge is -2.14. The minimum absolute atomic E-state index is 0.130. The Morgan fingerprint density at radius 1 is 1.16 bits per heavy atom. The Labute approximate surface area is 154 Å². The number of rotatable bonds is 8. The zero-order chi connectivity index (χ0) is 17.6. The van der Waals surface area contributed by atoms with Crippen molar-refractivity contribution in [3.63, 3.8) is 0 Å². The van der Waals surface area contributed by atoms with E-state index in [-0.39, 0.29) is 5.50 Å². The largest absolute Gasteiger partial charge is 0.497 e. The summed E-state index contributed by atoms with van der Waals surface area (Å²) in [6.45, 7) is 5.24. The first kappa shape index (κ1) is 17.8. The molecule has 2 aromatic rings. The molecular weight excluding hydrogens is 332 g/mol. The first-order valence-electron chi connectivity index (χ1n) is 8.58. The maximum Gasteiger partial charge on any atom is 0.150 e. The van der Waals surface area contributed by atoms with Crippen molar-refractivity contribution in [2.75, 3.05) is 49.7 Å². The number of likely N-dealkylation sites (N-methyl/N-ethyl adjacent to an activating group) is 1. The molecular formula is C19H26N4OS. The molecule has 0 spiro atoms. The zero-order valence-corrected chi connectivity index (χ0v) is 15.8.